The summed E-state index contributed by atoms with van der Waals surface area (Å²) in [4.78, 5) is 31.3. The number of alkyl halides is 1. The number of hydrogen-bond donors (Lipinski definition) is 1. The fourth-order valence-electron chi connectivity index (χ4n) is 11.2. The summed E-state index contributed by atoms with van der Waals surface area (Å²) in [5.41, 5.74) is 6.83. The summed E-state index contributed by atoms with van der Waals surface area (Å²) in [5, 5.41) is 5.73. The second kappa shape index (κ2) is 20.9. The molecule has 2 aliphatic heterocycles. The minimum absolute atomic E-state index is 0.0424. The molecule has 0 amide bonds. The van der Waals surface area contributed by atoms with E-state index in [4.69, 9.17) is 33.3 Å². The van der Waals surface area contributed by atoms with Crippen molar-refractivity contribution in [2.75, 3.05) is 52.1 Å². The Hall–Kier alpha value is -5.19. The molecule has 0 unspecified atom stereocenters. The van der Waals surface area contributed by atoms with Crippen molar-refractivity contribution in [3.63, 3.8) is 0 Å². The molecule has 0 radical (unpaired) electrons. The van der Waals surface area contributed by atoms with Crippen molar-refractivity contribution in [1.82, 2.24) is 24.4 Å². The highest BCUT2D eigenvalue weighted by Gasteiger charge is 2.49. The van der Waals surface area contributed by atoms with Gasteiger partial charge < -0.3 is 33.2 Å². The van der Waals surface area contributed by atoms with Crippen LogP contribution in [0.3, 0.4) is 0 Å². The van der Waals surface area contributed by atoms with E-state index < -0.39 is 39.3 Å². The van der Waals surface area contributed by atoms with E-state index in [1.807, 2.05) is 23.6 Å². The van der Waals surface area contributed by atoms with Crippen molar-refractivity contribution in [1.29, 1.82) is 0 Å². The molecule has 8 rings (SSSR count). The van der Waals surface area contributed by atoms with Crippen LogP contribution in [0.25, 0.3) is 44.0 Å². The Morgan fingerprint density at radius 1 is 1.03 bits per heavy atom. The summed E-state index contributed by atoms with van der Waals surface area (Å²) in [6.45, 7) is 24.9. The molecule has 0 spiro atoms. The van der Waals surface area contributed by atoms with Gasteiger partial charge in [0, 0.05) is 75.6 Å². The first-order chi connectivity index (χ1) is 33.4. The van der Waals surface area contributed by atoms with E-state index in [0.29, 0.717) is 89.1 Å². The molecule has 1 N–H and O–H groups in total. The average molecular weight is 993 g/mol. The quantitative estimate of drug-likeness (QED) is 0.0361. The number of aromatic nitrogens is 4. The lowest BCUT2D eigenvalue weighted by Crippen LogP contribution is -2.43. The summed E-state index contributed by atoms with van der Waals surface area (Å²) in [6, 6.07) is 11.8. The Bertz CT molecular complexity index is 2970. The number of methoxy groups -OCH3 is 1. The van der Waals surface area contributed by atoms with Gasteiger partial charge >= 0.3 is 11.6 Å². The number of pyridine rings is 1. The van der Waals surface area contributed by atoms with Gasteiger partial charge in [-0.3, -0.25) is 4.90 Å². The maximum Gasteiger partial charge on any atom is 0.349 e. The summed E-state index contributed by atoms with van der Waals surface area (Å²) in [6.07, 6.45) is 5.60. The van der Waals surface area contributed by atoms with Gasteiger partial charge in [0.15, 0.2) is 6.79 Å². The molecule has 0 aliphatic carbocycles. The molecular weight excluding hydrogens is 923 g/mol. The Balaban J connectivity index is 1.24. The monoisotopic (exact) mass is 992 g/mol. The standard InChI is InChI=1S/C54H70F2N6O6Si2/c1-34(2)70(35(3)4,36(5)6)24-18-43-45(56)16-15-38-26-41(67-33-64-8)27-44(46(38)43)49-37(7)48-47(52(63)68-49)50(60-53(59-48)66-31-54-19-13-22-62(54)30-40(55)28-54)57-21-17-39-29-61(32-65-23-25-69(9,10)11)51-42(39)14-12-20-58-51/h12,14-16,20,26-27,29,34-36,40H,13,17,19,21-23,25,28,30-33H2,1-11H3,(H,57,59,60)/t40-,54+/m1/s1. The lowest BCUT2D eigenvalue weighted by Gasteiger charge is -2.38. The zero-order valence-electron chi connectivity index (χ0n) is 42.9. The van der Waals surface area contributed by atoms with E-state index in [2.05, 4.69) is 100 Å². The van der Waals surface area contributed by atoms with Crippen LogP contribution >= 0.6 is 0 Å². The van der Waals surface area contributed by atoms with Crippen LogP contribution in [-0.4, -0.2) is 99.0 Å². The van der Waals surface area contributed by atoms with E-state index >= 15 is 4.39 Å². The average Bonchev–Trinajstić information content (AvgIpc) is 3.97. The molecule has 70 heavy (non-hydrogen) atoms. The van der Waals surface area contributed by atoms with Crippen molar-refractivity contribution < 1.29 is 32.1 Å². The third kappa shape index (κ3) is 10.3. The molecule has 2 saturated heterocycles. The third-order valence-electron chi connectivity index (χ3n) is 14.7. The van der Waals surface area contributed by atoms with E-state index in [9.17, 15) is 9.18 Å². The zero-order valence-corrected chi connectivity index (χ0v) is 44.9. The first-order valence-corrected chi connectivity index (χ1v) is 30.8. The summed E-state index contributed by atoms with van der Waals surface area (Å²) in [7, 11) is -2.04. The second-order valence-corrected chi connectivity index (χ2v) is 32.7. The molecule has 4 aromatic heterocycles. The highest BCUT2D eigenvalue weighted by atomic mass is 28.3. The number of ether oxygens (including phenoxy) is 4. The van der Waals surface area contributed by atoms with Gasteiger partial charge in [-0.1, -0.05) is 73.2 Å². The molecule has 2 aromatic carbocycles. The molecule has 374 valence electrons. The number of hydrogen-bond acceptors (Lipinski definition) is 11. The van der Waals surface area contributed by atoms with Crippen molar-refractivity contribution in [3.05, 3.63) is 81.7 Å². The predicted octanol–water partition coefficient (Wildman–Crippen LogP) is 11.7. The predicted molar refractivity (Wildman–Crippen MR) is 281 cm³/mol. The van der Waals surface area contributed by atoms with Crippen molar-refractivity contribution in [3.8, 4) is 34.5 Å². The topological polar surface area (TPSA) is 126 Å². The van der Waals surface area contributed by atoms with Gasteiger partial charge in [0.05, 0.1) is 16.6 Å². The minimum Gasteiger partial charge on any atom is -0.468 e. The minimum atomic E-state index is -2.32. The van der Waals surface area contributed by atoms with Crippen molar-refractivity contribution in [2.45, 2.75) is 135 Å². The Morgan fingerprint density at radius 2 is 1.80 bits per heavy atom. The molecule has 6 heterocycles. The van der Waals surface area contributed by atoms with Crippen LogP contribution in [0.4, 0.5) is 14.6 Å². The van der Waals surface area contributed by atoms with E-state index in [1.54, 1.807) is 18.3 Å². The van der Waals surface area contributed by atoms with Crippen LogP contribution < -0.4 is 20.4 Å². The largest absolute Gasteiger partial charge is 0.468 e. The normalized spacial score (nSPS) is 17.6. The molecule has 0 bridgehead atoms. The number of benzene rings is 2. The highest BCUT2D eigenvalue weighted by molar-refractivity contribution is 6.90. The van der Waals surface area contributed by atoms with E-state index in [1.165, 1.54) is 13.2 Å². The molecule has 2 atom stereocenters. The molecule has 16 heteroatoms. The number of rotatable bonds is 19. The maximum atomic E-state index is 16.5. The number of fused-ring (bicyclic) bond motifs is 4. The van der Waals surface area contributed by atoms with Crippen LogP contribution in [0.2, 0.25) is 42.3 Å². The smallest absolute Gasteiger partial charge is 0.349 e. The number of halogens is 2. The van der Waals surface area contributed by atoms with Crippen molar-refractivity contribution >= 4 is 54.7 Å². The molecule has 6 aromatic rings. The van der Waals surface area contributed by atoms with Crippen LogP contribution in [0, 0.1) is 24.2 Å². The summed E-state index contributed by atoms with van der Waals surface area (Å²) in [5.74, 6) is 3.76. The lowest BCUT2D eigenvalue weighted by molar-refractivity contribution is 0.0512. The third-order valence-corrected chi connectivity index (χ3v) is 22.7. The summed E-state index contributed by atoms with van der Waals surface area (Å²) >= 11 is 0. The fourth-order valence-corrected chi connectivity index (χ4v) is 17.2. The molecule has 0 saturated carbocycles. The van der Waals surface area contributed by atoms with Gasteiger partial charge in [-0.25, -0.2) is 18.6 Å². The molecule has 2 fully saturated rings. The van der Waals surface area contributed by atoms with Gasteiger partial charge in [0.1, 0.15) is 61.8 Å². The van der Waals surface area contributed by atoms with E-state index in [-0.39, 0.29) is 41.9 Å². The SMILES string of the molecule is COCOc1cc(-c2oc(=O)c3c(NCCc4cn(COCC[Si](C)(C)C)c5ncccc45)nc(OC[C@@]45CCCN4C[C@H](F)C5)nc3c2C)c2c(C#C[Si](C(C)C)(C(C)C)C(C)C)c(F)ccc2c1. The van der Waals surface area contributed by atoms with Crippen LogP contribution in [0.5, 0.6) is 11.8 Å². The van der Waals surface area contributed by atoms with Crippen LogP contribution in [-0.2, 0) is 22.6 Å². The highest BCUT2D eigenvalue weighted by Crippen LogP contribution is 2.44. The molecule has 2 aliphatic rings. The summed E-state index contributed by atoms with van der Waals surface area (Å²) < 4.78 is 63.7. The number of nitrogens with zero attached hydrogens (tertiary/aromatic N) is 5. The zero-order chi connectivity index (χ0) is 50.1. The molecule has 12 nitrogen and oxygen atoms in total. The van der Waals surface area contributed by atoms with Gasteiger partial charge in [-0.2, -0.15) is 9.97 Å². The Labute approximate surface area is 412 Å². The van der Waals surface area contributed by atoms with Gasteiger partial charge in [-0.15, -0.1) is 5.54 Å². The number of aryl methyl sites for hydroxylation is 1. The number of anilines is 1. The first kappa shape index (κ1) is 51.2. The molecular formula is C54H70F2N6O6Si2. The van der Waals surface area contributed by atoms with Crippen LogP contribution in [0.1, 0.15) is 77.5 Å². The second-order valence-electron chi connectivity index (χ2n) is 21.5. The fraction of sp³-hybridized carbons (Fsp3) is 0.519. The van der Waals surface area contributed by atoms with Crippen LogP contribution in [0.15, 0.2) is 58.0 Å². The lowest BCUT2D eigenvalue weighted by atomic mass is 9.95. The first-order valence-electron chi connectivity index (χ1n) is 24.9. The Morgan fingerprint density at radius 3 is 2.53 bits per heavy atom. The maximum absolute atomic E-state index is 16.5. The van der Waals surface area contributed by atoms with Gasteiger partial charge in [0.2, 0.25) is 0 Å². The number of nitrogens with one attached hydrogen (secondary N) is 1. The Kier molecular flexibility index (Phi) is 15.3. The van der Waals surface area contributed by atoms with Crippen molar-refractivity contribution in [2.24, 2.45) is 0 Å². The van der Waals surface area contributed by atoms with Gasteiger partial charge in [-0.05, 0) is 96.7 Å². The van der Waals surface area contributed by atoms with E-state index in [0.717, 1.165) is 42.0 Å². The van der Waals surface area contributed by atoms with Gasteiger partial charge in [0.25, 0.3) is 0 Å².